The summed E-state index contributed by atoms with van der Waals surface area (Å²) in [6, 6.07) is 68.9. The first kappa shape index (κ1) is 32.1. The Morgan fingerprint density at radius 3 is 1.93 bits per heavy atom. The molecule has 0 aliphatic rings. The Balaban J connectivity index is 1.07. The maximum atomic E-state index is 6.74. The summed E-state index contributed by atoms with van der Waals surface area (Å²) >= 11 is 0. The second-order valence-electron chi connectivity index (χ2n) is 15.3. The molecule has 0 saturated carbocycles. The van der Waals surface area contributed by atoms with Crippen LogP contribution in [0.2, 0.25) is 0 Å². The first-order valence-electron chi connectivity index (χ1n) is 20.0. The normalized spacial score (nSPS) is 12.1. The Morgan fingerprint density at radius 1 is 0.390 bits per heavy atom. The summed E-state index contributed by atoms with van der Waals surface area (Å²) in [6.45, 7) is 0. The van der Waals surface area contributed by atoms with Crippen molar-refractivity contribution in [1.29, 1.82) is 0 Å². The number of hydrogen-bond donors (Lipinski definition) is 0. The molecule has 4 heterocycles. The Hall–Kier alpha value is -8.02. The monoisotopic (exact) mass is 752 g/mol. The van der Waals surface area contributed by atoms with Crippen LogP contribution in [-0.2, 0) is 0 Å². The topological polar surface area (TPSA) is 48.8 Å². The summed E-state index contributed by atoms with van der Waals surface area (Å²) in [6.07, 6.45) is 0. The second kappa shape index (κ2) is 12.2. The van der Waals surface area contributed by atoms with E-state index in [9.17, 15) is 0 Å². The number of aromatic nitrogens is 4. The third-order valence-corrected chi connectivity index (χ3v) is 12.1. The van der Waals surface area contributed by atoms with Crippen LogP contribution in [0, 0.1) is 0 Å². The molecule has 13 rings (SSSR count). The molecule has 5 nitrogen and oxygen atoms in total. The van der Waals surface area contributed by atoms with Gasteiger partial charge in [0, 0.05) is 54.8 Å². The van der Waals surface area contributed by atoms with Crippen LogP contribution < -0.4 is 0 Å². The van der Waals surface area contributed by atoms with Crippen LogP contribution in [-0.4, -0.2) is 19.1 Å². The van der Waals surface area contributed by atoms with E-state index in [2.05, 4.69) is 179 Å². The van der Waals surface area contributed by atoms with E-state index in [1.54, 1.807) is 0 Å². The molecule has 0 aliphatic carbocycles. The molecule has 0 spiro atoms. The van der Waals surface area contributed by atoms with Crippen molar-refractivity contribution in [2.75, 3.05) is 0 Å². The van der Waals surface area contributed by atoms with Crippen LogP contribution in [0.15, 0.2) is 199 Å². The summed E-state index contributed by atoms with van der Waals surface area (Å²) < 4.78 is 11.6. The summed E-state index contributed by atoms with van der Waals surface area (Å²) in [5, 5.41) is 10.4. The van der Waals surface area contributed by atoms with Crippen molar-refractivity contribution in [3.8, 4) is 34.0 Å². The molecule has 4 aromatic heterocycles. The smallest absolute Gasteiger partial charge is 0.160 e. The largest absolute Gasteiger partial charge is 0.455 e. The minimum Gasteiger partial charge on any atom is -0.455 e. The maximum absolute atomic E-state index is 6.74. The fourth-order valence-electron chi connectivity index (χ4n) is 9.47. The van der Waals surface area contributed by atoms with Gasteiger partial charge in [0.25, 0.3) is 0 Å². The molecule has 0 atom stereocenters. The van der Waals surface area contributed by atoms with Gasteiger partial charge in [0.15, 0.2) is 5.82 Å². The van der Waals surface area contributed by atoms with Gasteiger partial charge in [-0.25, -0.2) is 9.97 Å². The van der Waals surface area contributed by atoms with Crippen molar-refractivity contribution in [3.05, 3.63) is 194 Å². The van der Waals surface area contributed by atoms with Gasteiger partial charge in [-0.2, -0.15) is 0 Å². The van der Waals surface area contributed by atoms with E-state index in [-0.39, 0.29) is 0 Å². The Morgan fingerprint density at radius 2 is 1.07 bits per heavy atom. The van der Waals surface area contributed by atoms with Gasteiger partial charge in [-0.1, -0.05) is 115 Å². The van der Waals surface area contributed by atoms with Gasteiger partial charge in [-0.3, -0.25) is 0 Å². The van der Waals surface area contributed by atoms with E-state index in [1.807, 2.05) is 24.3 Å². The zero-order valence-corrected chi connectivity index (χ0v) is 31.7. The van der Waals surface area contributed by atoms with Crippen molar-refractivity contribution in [3.63, 3.8) is 0 Å². The molecule has 0 fully saturated rings. The van der Waals surface area contributed by atoms with Gasteiger partial charge in [0.2, 0.25) is 0 Å². The van der Waals surface area contributed by atoms with Crippen LogP contribution in [0.25, 0.3) is 121 Å². The molecule has 0 aliphatic heterocycles. The van der Waals surface area contributed by atoms with Gasteiger partial charge < -0.3 is 13.6 Å². The number of furan rings is 1. The van der Waals surface area contributed by atoms with Crippen molar-refractivity contribution < 1.29 is 4.42 Å². The Kier molecular flexibility index (Phi) is 6.66. The number of benzene rings is 9. The third kappa shape index (κ3) is 4.67. The van der Waals surface area contributed by atoms with Crippen molar-refractivity contribution >= 4 is 87.2 Å². The van der Waals surface area contributed by atoms with E-state index in [1.165, 1.54) is 21.5 Å². The lowest BCUT2D eigenvalue weighted by atomic mass is 10.1. The van der Waals surface area contributed by atoms with Gasteiger partial charge in [0.1, 0.15) is 11.2 Å². The van der Waals surface area contributed by atoms with E-state index in [0.717, 1.165) is 93.9 Å². The first-order valence-corrected chi connectivity index (χ1v) is 20.0. The highest BCUT2D eigenvalue weighted by Crippen LogP contribution is 2.45. The second-order valence-corrected chi connectivity index (χ2v) is 15.3. The van der Waals surface area contributed by atoms with Crippen LogP contribution in [0.4, 0.5) is 0 Å². The fourth-order valence-corrected chi connectivity index (χ4v) is 9.47. The number of fused-ring (bicyclic) bond motifs is 13. The Bertz CT molecular complexity index is 3830. The lowest BCUT2D eigenvalue weighted by Crippen LogP contribution is -1.97. The minimum absolute atomic E-state index is 0.704. The molecule has 0 radical (unpaired) electrons. The first-order chi connectivity index (χ1) is 29.3. The van der Waals surface area contributed by atoms with Gasteiger partial charge in [-0.05, 0) is 89.6 Å². The molecule has 5 heteroatoms. The third-order valence-electron chi connectivity index (χ3n) is 12.1. The zero-order chi connectivity index (χ0) is 38.6. The van der Waals surface area contributed by atoms with E-state index < -0.39 is 0 Å². The highest BCUT2D eigenvalue weighted by molar-refractivity contribution is 6.31. The van der Waals surface area contributed by atoms with Gasteiger partial charge in [0.05, 0.1) is 38.7 Å². The standard InChI is InChI=1S/C54H32N4O/c1-2-13-34(14-3-1)51-41-17-6-9-19-44(41)55-54(56-51)35-23-25-37(26-24-35)57-45-20-10-7-18-42(45)49-46(57)31-29-43-50-47(30-28-40-39-16-8-11-21-48(39)59-53(40)50)58(52(43)49)38-27-22-33-12-4-5-15-36(33)32-38/h1-32H. The molecule has 274 valence electrons. The predicted molar refractivity (Wildman–Crippen MR) is 244 cm³/mol. The van der Waals surface area contributed by atoms with Crippen molar-refractivity contribution in [2.24, 2.45) is 0 Å². The molecule has 9 aromatic carbocycles. The van der Waals surface area contributed by atoms with E-state index in [0.29, 0.717) is 5.82 Å². The lowest BCUT2D eigenvalue weighted by Gasteiger charge is -2.12. The quantitative estimate of drug-likeness (QED) is 0.180. The van der Waals surface area contributed by atoms with E-state index >= 15 is 0 Å². The SMILES string of the molecule is c1ccc(-c2nc(-c3ccc(-n4c5ccccc5c5c4ccc4c6c7oc8ccccc8c7ccc6n(-c6ccc7ccccc7c6)c45)cc3)nc3ccccc23)cc1. The summed E-state index contributed by atoms with van der Waals surface area (Å²) in [5.74, 6) is 0.704. The fraction of sp³-hybridized carbons (Fsp3) is 0. The molecule has 0 amide bonds. The molecular formula is C54H32N4O. The molecule has 0 unspecified atom stereocenters. The van der Waals surface area contributed by atoms with Gasteiger partial charge >= 0.3 is 0 Å². The molecule has 59 heavy (non-hydrogen) atoms. The highest BCUT2D eigenvalue weighted by atomic mass is 16.3. The lowest BCUT2D eigenvalue weighted by molar-refractivity contribution is 0.673. The number of rotatable bonds is 4. The number of nitrogens with zero attached hydrogens (tertiary/aromatic N) is 4. The molecule has 13 aromatic rings. The Labute approximate surface area is 337 Å². The summed E-state index contributed by atoms with van der Waals surface area (Å²) in [4.78, 5) is 10.2. The zero-order valence-electron chi connectivity index (χ0n) is 31.7. The van der Waals surface area contributed by atoms with Crippen LogP contribution in [0.5, 0.6) is 0 Å². The summed E-state index contributed by atoms with van der Waals surface area (Å²) in [5.41, 5.74) is 12.4. The number of hydrogen-bond acceptors (Lipinski definition) is 3. The average Bonchev–Trinajstić information content (AvgIpc) is 3.96. The molecular weight excluding hydrogens is 721 g/mol. The van der Waals surface area contributed by atoms with Gasteiger partial charge in [-0.15, -0.1) is 0 Å². The highest BCUT2D eigenvalue weighted by Gasteiger charge is 2.24. The van der Waals surface area contributed by atoms with Crippen LogP contribution in [0.1, 0.15) is 0 Å². The van der Waals surface area contributed by atoms with Crippen LogP contribution >= 0.6 is 0 Å². The summed E-state index contributed by atoms with van der Waals surface area (Å²) in [7, 11) is 0. The maximum Gasteiger partial charge on any atom is 0.160 e. The van der Waals surface area contributed by atoms with Crippen molar-refractivity contribution in [2.45, 2.75) is 0 Å². The van der Waals surface area contributed by atoms with Crippen LogP contribution in [0.3, 0.4) is 0 Å². The number of para-hydroxylation sites is 3. The van der Waals surface area contributed by atoms with E-state index in [4.69, 9.17) is 14.4 Å². The minimum atomic E-state index is 0.704. The molecule has 0 saturated heterocycles. The molecule has 0 N–H and O–H groups in total. The predicted octanol–water partition coefficient (Wildman–Crippen LogP) is 14.2. The average molecular weight is 753 g/mol. The van der Waals surface area contributed by atoms with Crippen molar-refractivity contribution in [1.82, 2.24) is 19.1 Å². The molecule has 0 bridgehead atoms.